The second-order valence-corrected chi connectivity index (χ2v) is 8.62. The van der Waals surface area contributed by atoms with Crippen molar-refractivity contribution in [2.75, 3.05) is 11.9 Å². The molecule has 3 atom stereocenters. The van der Waals surface area contributed by atoms with Crippen molar-refractivity contribution in [2.24, 2.45) is 11.7 Å². The van der Waals surface area contributed by atoms with Gasteiger partial charge in [-0.3, -0.25) is 14.4 Å². The molecule has 3 amide bonds. The highest BCUT2D eigenvalue weighted by Gasteiger charge is 2.39. The van der Waals surface area contributed by atoms with Gasteiger partial charge in [0.05, 0.1) is 17.4 Å². The monoisotopic (exact) mass is 440 g/mol. The van der Waals surface area contributed by atoms with E-state index in [4.69, 9.17) is 5.73 Å². The molecule has 1 saturated heterocycles. The van der Waals surface area contributed by atoms with Gasteiger partial charge in [-0.25, -0.2) is 4.68 Å². The number of aromatic nitrogens is 2. The molecule has 1 fully saturated rings. The Balaban J connectivity index is 1.77. The number of hydrogen-bond donors (Lipinski definition) is 3. The van der Waals surface area contributed by atoms with Crippen molar-refractivity contribution in [3.63, 3.8) is 0 Å². The maximum absolute atomic E-state index is 13.3. The van der Waals surface area contributed by atoms with Gasteiger partial charge in [0, 0.05) is 12.6 Å². The maximum Gasteiger partial charge on any atom is 0.248 e. The van der Waals surface area contributed by atoms with Gasteiger partial charge in [-0.15, -0.1) is 0 Å². The molecule has 32 heavy (non-hydrogen) atoms. The number of carbonyl (C=O) groups is 3. The Kier molecular flexibility index (Phi) is 7.29. The lowest BCUT2D eigenvalue weighted by molar-refractivity contribution is -0.141. The molecule has 172 valence electrons. The summed E-state index contributed by atoms with van der Waals surface area (Å²) in [5.74, 6) is -0.520. The van der Waals surface area contributed by atoms with Crippen molar-refractivity contribution in [1.82, 2.24) is 20.0 Å². The van der Waals surface area contributed by atoms with Gasteiger partial charge in [-0.05, 0) is 44.7 Å². The highest BCUT2D eigenvalue weighted by Crippen LogP contribution is 2.23. The summed E-state index contributed by atoms with van der Waals surface area (Å²) in [7, 11) is 0. The van der Waals surface area contributed by atoms with Crippen molar-refractivity contribution >= 4 is 23.5 Å². The molecule has 9 heteroatoms. The van der Waals surface area contributed by atoms with Crippen LogP contribution in [0.15, 0.2) is 36.4 Å². The first kappa shape index (κ1) is 23.5. The summed E-state index contributed by atoms with van der Waals surface area (Å²) in [6, 6.07) is 9.25. The number of carbonyl (C=O) groups excluding carboxylic acids is 3. The lowest BCUT2D eigenvalue weighted by Gasteiger charge is -2.30. The van der Waals surface area contributed by atoms with Gasteiger partial charge < -0.3 is 21.3 Å². The molecule has 0 spiro atoms. The molecule has 3 rings (SSSR count). The quantitative estimate of drug-likeness (QED) is 0.604. The molecule has 1 aromatic carbocycles. The van der Waals surface area contributed by atoms with Gasteiger partial charge in [0.25, 0.3) is 0 Å². The number of nitrogens with two attached hydrogens (primary N) is 1. The van der Waals surface area contributed by atoms with Gasteiger partial charge >= 0.3 is 0 Å². The molecule has 0 unspecified atom stereocenters. The van der Waals surface area contributed by atoms with Crippen LogP contribution in [0.4, 0.5) is 5.82 Å². The van der Waals surface area contributed by atoms with E-state index in [1.807, 2.05) is 51.1 Å². The molecule has 0 aliphatic carbocycles. The Hall–Kier alpha value is -3.20. The van der Waals surface area contributed by atoms with E-state index in [9.17, 15) is 14.4 Å². The van der Waals surface area contributed by atoms with Crippen LogP contribution in [0, 0.1) is 12.8 Å². The smallest absolute Gasteiger partial charge is 0.248 e. The largest absolute Gasteiger partial charge is 0.343 e. The maximum atomic E-state index is 13.3. The lowest BCUT2D eigenvalue weighted by atomic mass is 10.0. The SMILES string of the molecule is Cc1cc(NC(=O)[C@@H]2CCCN2C(=O)[C@@H](NC(=O)[C@H](C)N)C(C)C)n(-c2ccccc2)n1. The highest BCUT2D eigenvalue weighted by atomic mass is 16.2. The molecule has 1 aromatic heterocycles. The molecule has 2 aromatic rings. The van der Waals surface area contributed by atoms with E-state index in [1.54, 1.807) is 22.6 Å². The van der Waals surface area contributed by atoms with Gasteiger partial charge in [-0.1, -0.05) is 32.0 Å². The zero-order valence-electron chi connectivity index (χ0n) is 19.0. The zero-order valence-corrected chi connectivity index (χ0v) is 19.0. The number of nitrogens with zero attached hydrogens (tertiary/aromatic N) is 3. The van der Waals surface area contributed by atoms with E-state index in [0.717, 1.165) is 11.4 Å². The van der Waals surface area contributed by atoms with Gasteiger partial charge in [0.2, 0.25) is 17.7 Å². The van der Waals surface area contributed by atoms with Crippen molar-refractivity contribution < 1.29 is 14.4 Å². The van der Waals surface area contributed by atoms with E-state index in [1.165, 1.54) is 0 Å². The van der Waals surface area contributed by atoms with Crippen LogP contribution in [0.1, 0.15) is 39.3 Å². The van der Waals surface area contributed by atoms with Crippen molar-refractivity contribution in [3.05, 3.63) is 42.1 Å². The number of nitrogens with one attached hydrogen (secondary N) is 2. The minimum atomic E-state index is -0.737. The molecule has 1 aliphatic rings. The average molecular weight is 441 g/mol. The molecule has 2 heterocycles. The predicted octanol–water partition coefficient (Wildman–Crippen LogP) is 1.60. The Morgan fingerprint density at radius 1 is 1.16 bits per heavy atom. The van der Waals surface area contributed by atoms with Gasteiger partial charge in [0.15, 0.2) is 0 Å². The molecule has 0 bridgehead atoms. The number of para-hydroxylation sites is 1. The third-order valence-electron chi connectivity index (χ3n) is 5.57. The summed E-state index contributed by atoms with van der Waals surface area (Å²) in [5, 5.41) is 10.2. The summed E-state index contributed by atoms with van der Waals surface area (Å²) in [5.41, 5.74) is 7.25. The lowest BCUT2D eigenvalue weighted by Crippen LogP contribution is -2.56. The molecule has 0 radical (unpaired) electrons. The van der Waals surface area contributed by atoms with Crippen molar-refractivity contribution in [1.29, 1.82) is 0 Å². The Labute approximate surface area is 188 Å². The van der Waals surface area contributed by atoms with Gasteiger partial charge in [-0.2, -0.15) is 5.10 Å². The van der Waals surface area contributed by atoms with E-state index < -0.39 is 18.1 Å². The van der Waals surface area contributed by atoms with E-state index in [2.05, 4.69) is 15.7 Å². The molecule has 9 nitrogen and oxygen atoms in total. The first-order valence-electron chi connectivity index (χ1n) is 11.0. The van der Waals surface area contributed by atoms with Crippen LogP contribution < -0.4 is 16.4 Å². The van der Waals surface area contributed by atoms with Crippen LogP contribution in [0.3, 0.4) is 0 Å². The van der Waals surface area contributed by atoms with E-state index in [-0.39, 0.29) is 23.6 Å². The van der Waals surface area contributed by atoms with Crippen LogP contribution in [0.25, 0.3) is 5.69 Å². The van der Waals surface area contributed by atoms with Crippen molar-refractivity contribution in [3.8, 4) is 5.69 Å². The number of rotatable bonds is 7. The molecule has 0 saturated carbocycles. The van der Waals surface area contributed by atoms with Crippen LogP contribution in [-0.2, 0) is 14.4 Å². The summed E-state index contributed by atoms with van der Waals surface area (Å²) in [6.45, 7) is 7.61. The summed E-state index contributed by atoms with van der Waals surface area (Å²) < 4.78 is 1.67. The predicted molar refractivity (Wildman–Crippen MR) is 122 cm³/mol. The van der Waals surface area contributed by atoms with Crippen LogP contribution in [0.5, 0.6) is 0 Å². The third-order valence-corrected chi connectivity index (χ3v) is 5.57. The molecule has 4 N–H and O–H groups in total. The minimum absolute atomic E-state index is 0.142. The number of likely N-dealkylation sites (tertiary alicyclic amines) is 1. The average Bonchev–Trinajstić information content (AvgIpc) is 3.38. The van der Waals surface area contributed by atoms with E-state index in [0.29, 0.717) is 25.2 Å². The highest BCUT2D eigenvalue weighted by molar-refractivity contribution is 5.98. The normalized spacial score (nSPS) is 17.8. The fraction of sp³-hybridized carbons (Fsp3) is 0.478. The summed E-state index contributed by atoms with van der Waals surface area (Å²) in [4.78, 5) is 40.1. The summed E-state index contributed by atoms with van der Waals surface area (Å²) >= 11 is 0. The fourth-order valence-electron chi connectivity index (χ4n) is 3.84. The molecular formula is C23H32N6O3. The summed E-state index contributed by atoms with van der Waals surface area (Å²) in [6.07, 6.45) is 1.27. The standard InChI is InChI=1S/C23H32N6O3/c1-14(2)20(26-21(30)16(4)24)23(32)28-12-8-11-18(28)22(31)25-19-13-15(3)27-29(19)17-9-6-5-7-10-17/h5-7,9-10,13-14,16,18,20H,8,11-12,24H2,1-4H3,(H,25,31)(H,26,30)/t16-,18-,20-/m0/s1. The zero-order chi connectivity index (χ0) is 23.4. The number of aryl methyl sites for hydroxylation is 1. The molecule has 1 aliphatic heterocycles. The fourth-order valence-corrected chi connectivity index (χ4v) is 3.84. The number of hydrogen-bond acceptors (Lipinski definition) is 5. The van der Waals surface area contributed by atoms with Crippen molar-refractivity contribution in [2.45, 2.75) is 58.7 Å². The van der Waals surface area contributed by atoms with Gasteiger partial charge in [0.1, 0.15) is 17.9 Å². The first-order chi connectivity index (χ1) is 15.2. The first-order valence-corrected chi connectivity index (χ1v) is 11.0. The molecular weight excluding hydrogens is 408 g/mol. The number of anilines is 1. The Bertz CT molecular complexity index is 969. The van der Waals surface area contributed by atoms with E-state index >= 15 is 0 Å². The third kappa shape index (κ3) is 5.16. The second-order valence-electron chi connectivity index (χ2n) is 8.62. The Morgan fingerprint density at radius 3 is 2.47 bits per heavy atom. The minimum Gasteiger partial charge on any atom is -0.343 e. The Morgan fingerprint density at radius 2 is 1.84 bits per heavy atom. The second kappa shape index (κ2) is 9.95. The number of benzene rings is 1. The van der Waals surface area contributed by atoms with Crippen LogP contribution >= 0.6 is 0 Å². The topological polar surface area (TPSA) is 122 Å². The number of amides is 3. The van der Waals surface area contributed by atoms with Crippen LogP contribution in [-0.4, -0.2) is 57.1 Å². The van der Waals surface area contributed by atoms with Crippen LogP contribution in [0.2, 0.25) is 0 Å².